The fraction of sp³-hybridized carbons (Fsp3) is 0.545. The maximum atomic E-state index is 8.99. The van der Waals surface area contributed by atoms with Crippen molar-refractivity contribution in [2.75, 3.05) is 31.7 Å². The monoisotopic (exact) mass is 210 g/mol. The van der Waals surface area contributed by atoms with E-state index in [2.05, 4.69) is 16.8 Å². The molecule has 0 aliphatic rings. The Hall–Kier alpha value is -1.13. The van der Waals surface area contributed by atoms with Crippen LogP contribution in [0, 0.1) is 0 Å². The highest BCUT2D eigenvalue weighted by atomic mass is 16.5. The van der Waals surface area contributed by atoms with E-state index in [0.717, 1.165) is 18.8 Å². The highest BCUT2D eigenvalue weighted by Gasteiger charge is 2.04. The SMILES string of the molecule is CCN(CCOC)c1ccnc(CO)c1. The smallest absolute Gasteiger partial charge is 0.0853 e. The van der Waals surface area contributed by atoms with Crippen LogP contribution < -0.4 is 4.90 Å². The van der Waals surface area contributed by atoms with Crippen molar-refractivity contribution >= 4 is 5.69 Å². The molecule has 0 saturated heterocycles. The number of ether oxygens (including phenoxy) is 1. The second-order valence-electron chi connectivity index (χ2n) is 3.24. The average molecular weight is 210 g/mol. The fourth-order valence-corrected chi connectivity index (χ4v) is 1.42. The van der Waals surface area contributed by atoms with Crippen molar-refractivity contribution in [1.29, 1.82) is 0 Å². The standard InChI is InChI=1S/C11H18N2O2/c1-3-13(6-7-15-2)11-4-5-12-10(8-11)9-14/h4-5,8,14H,3,6-7,9H2,1-2H3. The molecule has 1 N–H and O–H groups in total. The molecule has 0 aromatic carbocycles. The summed E-state index contributed by atoms with van der Waals surface area (Å²) in [5.74, 6) is 0. The van der Waals surface area contributed by atoms with Crippen LogP contribution in [0.2, 0.25) is 0 Å². The van der Waals surface area contributed by atoms with Crippen LogP contribution in [0.25, 0.3) is 0 Å². The van der Waals surface area contributed by atoms with E-state index in [1.54, 1.807) is 13.3 Å². The van der Waals surface area contributed by atoms with E-state index in [1.807, 2.05) is 12.1 Å². The van der Waals surface area contributed by atoms with E-state index >= 15 is 0 Å². The number of aliphatic hydroxyl groups excluding tert-OH is 1. The first-order valence-corrected chi connectivity index (χ1v) is 5.11. The van der Waals surface area contributed by atoms with Crippen molar-refractivity contribution in [3.63, 3.8) is 0 Å². The van der Waals surface area contributed by atoms with Gasteiger partial charge in [-0.25, -0.2) is 0 Å². The first-order valence-electron chi connectivity index (χ1n) is 5.11. The molecule has 4 nitrogen and oxygen atoms in total. The molecule has 0 radical (unpaired) electrons. The van der Waals surface area contributed by atoms with E-state index in [0.29, 0.717) is 12.3 Å². The Morgan fingerprint density at radius 1 is 1.53 bits per heavy atom. The number of pyridine rings is 1. The molecule has 1 rings (SSSR count). The molecular weight excluding hydrogens is 192 g/mol. The number of hydrogen-bond donors (Lipinski definition) is 1. The lowest BCUT2D eigenvalue weighted by Crippen LogP contribution is -2.26. The van der Waals surface area contributed by atoms with Crippen molar-refractivity contribution in [3.05, 3.63) is 24.0 Å². The summed E-state index contributed by atoms with van der Waals surface area (Å²) in [6, 6.07) is 3.84. The molecule has 1 heterocycles. The lowest BCUT2D eigenvalue weighted by molar-refractivity contribution is 0.205. The molecule has 1 aromatic heterocycles. The van der Waals surface area contributed by atoms with Gasteiger partial charge in [0.15, 0.2) is 0 Å². The van der Waals surface area contributed by atoms with Crippen LogP contribution in [0.1, 0.15) is 12.6 Å². The van der Waals surface area contributed by atoms with Gasteiger partial charge in [0, 0.05) is 32.1 Å². The van der Waals surface area contributed by atoms with Crippen molar-refractivity contribution < 1.29 is 9.84 Å². The summed E-state index contributed by atoms with van der Waals surface area (Å²) in [6.07, 6.45) is 1.72. The summed E-state index contributed by atoms with van der Waals surface area (Å²) in [7, 11) is 1.69. The number of hydrogen-bond acceptors (Lipinski definition) is 4. The molecule has 0 atom stereocenters. The molecule has 0 aliphatic carbocycles. The molecule has 4 heteroatoms. The Balaban J connectivity index is 2.72. The van der Waals surface area contributed by atoms with E-state index in [9.17, 15) is 0 Å². The summed E-state index contributed by atoms with van der Waals surface area (Å²) in [6.45, 7) is 4.54. The summed E-state index contributed by atoms with van der Waals surface area (Å²) < 4.78 is 5.05. The van der Waals surface area contributed by atoms with Crippen LogP contribution in [-0.2, 0) is 11.3 Å². The van der Waals surface area contributed by atoms with Crippen molar-refractivity contribution in [2.24, 2.45) is 0 Å². The summed E-state index contributed by atoms with van der Waals surface area (Å²) in [5, 5.41) is 8.99. The number of nitrogens with zero attached hydrogens (tertiary/aromatic N) is 2. The third-order valence-corrected chi connectivity index (χ3v) is 2.27. The van der Waals surface area contributed by atoms with Crippen LogP contribution in [0.4, 0.5) is 5.69 Å². The average Bonchev–Trinajstić information content (AvgIpc) is 2.30. The Morgan fingerprint density at radius 3 is 2.93 bits per heavy atom. The van der Waals surface area contributed by atoms with Gasteiger partial charge in [-0.1, -0.05) is 0 Å². The molecule has 0 saturated carbocycles. The molecule has 0 spiro atoms. The molecule has 84 valence electrons. The minimum atomic E-state index is -0.0182. The van der Waals surface area contributed by atoms with Gasteiger partial charge in [0.2, 0.25) is 0 Å². The number of aliphatic hydroxyl groups is 1. The molecule has 0 fully saturated rings. The molecule has 15 heavy (non-hydrogen) atoms. The van der Waals surface area contributed by atoms with Gasteiger partial charge in [0.1, 0.15) is 0 Å². The summed E-state index contributed by atoms with van der Waals surface area (Å²) in [4.78, 5) is 6.23. The van der Waals surface area contributed by atoms with Crippen LogP contribution in [0.15, 0.2) is 18.3 Å². The summed E-state index contributed by atoms with van der Waals surface area (Å²) >= 11 is 0. The largest absolute Gasteiger partial charge is 0.390 e. The second-order valence-corrected chi connectivity index (χ2v) is 3.24. The second kappa shape index (κ2) is 6.37. The predicted molar refractivity (Wildman–Crippen MR) is 59.9 cm³/mol. The third-order valence-electron chi connectivity index (χ3n) is 2.27. The van der Waals surface area contributed by atoms with E-state index in [1.165, 1.54) is 0 Å². The lowest BCUT2D eigenvalue weighted by Gasteiger charge is -2.22. The number of rotatable bonds is 6. The predicted octanol–water partition coefficient (Wildman–Crippen LogP) is 1.05. The summed E-state index contributed by atoms with van der Waals surface area (Å²) in [5.41, 5.74) is 1.77. The molecule has 0 aliphatic heterocycles. The Bertz CT molecular complexity index is 292. The zero-order valence-corrected chi connectivity index (χ0v) is 9.31. The zero-order valence-electron chi connectivity index (χ0n) is 9.31. The van der Waals surface area contributed by atoms with E-state index < -0.39 is 0 Å². The maximum absolute atomic E-state index is 8.99. The van der Waals surface area contributed by atoms with E-state index in [-0.39, 0.29) is 6.61 Å². The van der Waals surface area contributed by atoms with E-state index in [4.69, 9.17) is 9.84 Å². The molecular formula is C11H18N2O2. The number of anilines is 1. The number of methoxy groups -OCH3 is 1. The Morgan fingerprint density at radius 2 is 2.33 bits per heavy atom. The first kappa shape index (κ1) is 11.9. The van der Waals surface area contributed by atoms with Gasteiger partial charge < -0.3 is 14.7 Å². The molecule has 1 aromatic rings. The normalized spacial score (nSPS) is 10.3. The van der Waals surface area contributed by atoms with Crippen LogP contribution in [-0.4, -0.2) is 36.9 Å². The zero-order chi connectivity index (χ0) is 11.1. The fourth-order valence-electron chi connectivity index (χ4n) is 1.42. The van der Waals surface area contributed by atoms with Gasteiger partial charge in [-0.2, -0.15) is 0 Å². The quantitative estimate of drug-likeness (QED) is 0.762. The molecule has 0 bridgehead atoms. The third kappa shape index (κ3) is 3.49. The van der Waals surface area contributed by atoms with Gasteiger partial charge in [-0.05, 0) is 19.1 Å². The molecule has 0 unspecified atom stereocenters. The number of likely N-dealkylation sites (N-methyl/N-ethyl adjacent to an activating group) is 1. The Labute approximate surface area is 90.5 Å². The topological polar surface area (TPSA) is 45.6 Å². The minimum Gasteiger partial charge on any atom is -0.390 e. The van der Waals surface area contributed by atoms with Crippen molar-refractivity contribution in [1.82, 2.24) is 4.98 Å². The van der Waals surface area contributed by atoms with Gasteiger partial charge in [0.05, 0.1) is 18.9 Å². The van der Waals surface area contributed by atoms with Gasteiger partial charge in [-0.3, -0.25) is 4.98 Å². The maximum Gasteiger partial charge on any atom is 0.0853 e. The van der Waals surface area contributed by atoms with Gasteiger partial charge in [0.25, 0.3) is 0 Å². The highest BCUT2D eigenvalue weighted by molar-refractivity contribution is 5.46. The van der Waals surface area contributed by atoms with Crippen molar-refractivity contribution in [2.45, 2.75) is 13.5 Å². The Kier molecular flexibility index (Phi) is 5.07. The first-order chi connectivity index (χ1) is 7.31. The molecule has 0 amide bonds. The number of aromatic nitrogens is 1. The van der Waals surface area contributed by atoms with Gasteiger partial charge in [-0.15, -0.1) is 0 Å². The van der Waals surface area contributed by atoms with Crippen molar-refractivity contribution in [3.8, 4) is 0 Å². The van der Waals surface area contributed by atoms with Gasteiger partial charge >= 0.3 is 0 Å². The highest BCUT2D eigenvalue weighted by Crippen LogP contribution is 2.13. The minimum absolute atomic E-state index is 0.0182. The van der Waals surface area contributed by atoms with Crippen LogP contribution in [0.3, 0.4) is 0 Å². The van der Waals surface area contributed by atoms with Crippen LogP contribution in [0.5, 0.6) is 0 Å². The lowest BCUT2D eigenvalue weighted by atomic mass is 10.3. The van der Waals surface area contributed by atoms with Crippen LogP contribution >= 0.6 is 0 Å².